The monoisotopic (exact) mass is 266 g/mol. The highest BCUT2D eigenvalue weighted by Gasteiger charge is 2.21. The van der Waals surface area contributed by atoms with Crippen LogP contribution in [0.25, 0.3) is 0 Å². The molecule has 0 aliphatic rings. The predicted molar refractivity (Wildman–Crippen MR) is 76.1 cm³/mol. The molecule has 1 amide bonds. The molecular weight excluding hydrogens is 240 g/mol. The molecule has 5 heteroatoms. The van der Waals surface area contributed by atoms with Crippen LogP contribution in [-0.4, -0.2) is 39.1 Å². The highest BCUT2D eigenvalue weighted by atomic mass is 16.2. The van der Waals surface area contributed by atoms with Gasteiger partial charge >= 0.3 is 0 Å². The van der Waals surface area contributed by atoms with Crippen molar-refractivity contribution in [3.8, 4) is 0 Å². The van der Waals surface area contributed by atoms with E-state index in [2.05, 4.69) is 29.0 Å². The molecule has 108 valence electrons. The number of carbonyl (C=O) groups is 1. The van der Waals surface area contributed by atoms with Crippen LogP contribution in [0.3, 0.4) is 0 Å². The van der Waals surface area contributed by atoms with Gasteiger partial charge in [-0.25, -0.2) is 4.98 Å². The second kappa shape index (κ2) is 7.26. The van der Waals surface area contributed by atoms with Gasteiger partial charge in [0, 0.05) is 19.0 Å². The van der Waals surface area contributed by atoms with Gasteiger partial charge in [0.1, 0.15) is 5.82 Å². The Balaban J connectivity index is 2.77. The molecule has 1 rings (SSSR count). The highest BCUT2D eigenvalue weighted by Crippen LogP contribution is 2.13. The second-order valence-corrected chi connectivity index (χ2v) is 5.23. The molecule has 1 heterocycles. The number of H-pyrrole nitrogens is 1. The molecule has 19 heavy (non-hydrogen) atoms. The molecule has 0 bridgehead atoms. The van der Waals surface area contributed by atoms with Gasteiger partial charge in [-0.15, -0.1) is 5.10 Å². The van der Waals surface area contributed by atoms with Gasteiger partial charge in [0.05, 0.1) is 0 Å². The van der Waals surface area contributed by atoms with Crippen molar-refractivity contribution in [1.82, 2.24) is 20.1 Å². The van der Waals surface area contributed by atoms with E-state index in [0.29, 0.717) is 12.5 Å². The fourth-order valence-corrected chi connectivity index (χ4v) is 1.98. The molecule has 1 aromatic rings. The normalized spacial score (nSPS) is 11.3. The third kappa shape index (κ3) is 4.04. The zero-order valence-corrected chi connectivity index (χ0v) is 12.7. The lowest BCUT2D eigenvalue weighted by molar-refractivity contribution is 0.0723. The Bertz CT molecular complexity index is 396. The van der Waals surface area contributed by atoms with E-state index in [9.17, 15) is 4.79 Å². The number of nitrogens with one attached hydrogen (secondary N) is 1. The number of nitrogens with zero attached hydrogens (tertiary/aromatic N) is 3. The predicted octanol–water partition coefficient (Wildman–Crippen LogP) is 2.83. The molecule has 0 aliphatic heterocycles. The van der Waals surface area contributed by atoms with E-state index in [1.165, 1.54) is 0 Å². The summed E-state index contributed by atoms with van der Waals surface area (Å²) in [6.45, 7) is 11.9. The summed E-state index contributed by atoms with van der Waals surface area (Å²) in [6.07, 6.45) is 2.18. The van der Waals surface area contributed by atoms with Crippen LogP contribution in [0.4, 0.5) is 0 Å². The van der Waals surface area contributed by atoms with Crippen LogP contribution < -0.4 is 0 Å². The SMILES string of the molecule is CCC(CC)CN(CC)C(=O)c1n[nH]c(C(C)C)n1. The van der Waals surface area contributed by atoms with Crippen LogP contribution >= 0.6 is 0 Å². The van der Waals surface area contributed by atoms with Crippen molar-refractivity contribution in [2.45, 2.75) is 53.4 Å². The first kappa shape index (κ1) is 15.7. The summed E-state index contributed by atoms with van der Waals surface area (Å²) in [6, 6.07) is 0. The third-order valence-corrected chi connectivity index (χ3v) is 3.54. The number of aromatic nitrogens is 3. The Labute approximate surface area is 115 Å². The first-order valence-electron chi connectivity index (χ1n) is 7.24. The van der Waals surface area contributed by atoms with E-state index in [1.807, 2.05) is 25.7 Å². The van der Waals surface area contributed by atoms with Crippen molar-refractivity contribution in [2.75, 3.05) is 13.1 Å². The van der Waals surface area contributed by atoms with E-state index in [0.717, 1.165) is 25.2 Å². The molecule has 0 aromatic carbocycles. The van der Waals surface area contributed by atoms with Crippen LogP contribution in [0, 0.1) is 5.92 Å². The van der Waals surface area contributed by atoms with Crippen molar-refractivity contribution in [3.63, 3.8) is 0 Å². The number of hydrogen-bond donors (Lipinski definition) is 1. The fraction of sp³-hybridized carbons (Fsp3) is 0.786. The van der Waals surface area contributed by atoms with Gasteiger partial charge in [0.15, 0.2) is 0 Å². The van der Waals surface area contributed by atoms with Crippen LogP contribution in [0.2, 0.25) is 0 Å². The van der Waals surface area contributed by atoms with Gasteiger partial charge in [-0.3, -0.25) is 9.89 Å². The third-order valence-electron chi connectivity index (χ3n) is 3.54. The number of carbonyl (C=O) groups excluding carboxylic acids is 1. The van der Waals surface area contributed by atoms with Gasteiger partial charge in [-0.05, 0) is 12.8 Å². The average Bonchev–Trinajstić information content (AvgIpc) is 2.89. The van der Waals surface area contributed by atoms with Crippen molar-refractivity contribution >= 4 is 5.91 Å². The lowest BCUT2D eigenvalue weighted by atomic mass is 10.0. The number of rotatable bonds is 7. The standard InChI is InChI=1S/C14H26N4O/c1-6-11(7-2)9-18(8-3)14(19)13-15-12(10(4)5)16-17-13/h10-11H,6-9H2,1-5H3,(H,15,16,17). The van der Waals surface area contributed by atoms with Gasteiger partial charge in [-0.1, -0.05) is 40.5 Å². The van der Waals surface area contributed by atoms with E-state index in [-0.39, 0.29) is 17.6 Å². The van der Waals surface area contributed by atoms with Crippen LogP contribution in [0.5, 0.6) is 0 Å². The smallest absolute Gasteiger partial charge is 0.293 e. The Hall–Kier alpha value is -1.39. The Morgan fingerprint density at radius 2 is 1.89 bits per heavy atom. The summed E-state index contributed by atoms with van der Waals surface area (Å²) in [7, 11) is 0. The molecule has 0 fully saturated rings. The quantitative estimate of drug-likeness (QED) is 0.825. The molecule has 0 atom stereocenters. The Morgan fingerprint density at radius 3 is 2.32 bits per heavy atom. The van der Waals surface area contributed by atoms with Crippen LogP contribution in [-0.2, 0) is 0 Å². The Kier molecular flexibility index (Phi) is 5.99. The maximum absolute atomic E-state index is 12.4. The lowest BCUT2D eigenvalue weighted by Gasteiger charge is -2.24. The van der Waals surface area contributed by atoms with Crippen LogP contribution in [0.15, 0.2) is 0 Å². The molecule has 0 radical (unpaired) electrons. The molecule has 0 saturated carbocycles. The summed E-state index contributed by atoms with van der Waals surface area (Å²) in [4.78, 5) is 18.5. The molecule has 5 nitrogen and oxygen atoms in total. The average molecular weight is 266 g/mol. The molecule has 0 spiro atoms. The number of amides is 1. The van der Waals surface area contributed by atoms with E-state index < -0.39 is 0 Å². The number of aromatic amines is 1. The summed E-state index contributed by atoms with van der Waals surface area (Å²) in [5, 5.41) is 6.88. The summed E-state index contributed by atoms with van der Waals surface area (Å²) < 4.78 is 0. The summed E-state index contributed by atoms with van der Waals surface area (Å²) in [5.74, 6) is 1.78. The molecule has 1 N–H and O–H groups in total. The van der Waals surface area contributed by atoms with Crippen molar-refractivity contribution < 1.29 is 4.79 Å². The maximum Gasteiger partial charge on any atom is 0.293 e. The topological polar surface area (TPSA) is 61.9 Å². The first-order valence-corrected chi connectivity index (χ1v) is 7.24. The summed E-state index contributed by atoms with van der Waals surface area (Å²) >= 11 is 0. The maximum atomic E-state index is 12.4. The minimum atomic E-state index is -0.0717. The Morgan fingerprint density at radius 1 is 1.26 bits per heavy atom. The second-order valence-electron chi connectivity index (χ2n) is 5.23. The van der Waals surface area contributed by atoms with Gasteiger partial charge < -0.3 is 4.90 Å². The van der Waals surface area contributed by atoms with Gasteiger partial charge in [0.2, 0.25) is 5.82 Å². The van der Waals surface area contributed by atoms with Gasteiger partial charge in [-0.2, -0.15) is 0 Å². The highest BCUT2D eigenvalue weighted by molar-refractivity contribution is 5.90. The van der Waals surface area contributed by atoms with E-state index >= 15 is 0 Å². The van der Waals surface area contributed by atoms with Crippen molar-refractivity contribution in [1.29, 1.82) is 0 Å². The van der Waals surface area contributed by atoms with Crippen LogP contribution in [0.1, 0.15) is 69.8 Å². The summed E-state index contributed by atoms with van der Waals surface area (Å²) in [5.41, 5.74) is 0. The van der Waals surface area contributed by atoms with Gasteiger partial charge in [0.25, 0.3) is 5.91 Å². The molecule has 0 aliphatic carbocycles. The molecular formula is C14H26N4O. The zero-order valence-electron chi connectivity index (χ0n) is 12.7. The largest absolute Gasteiger partial charge is 0.336 e. The van der Waals surface area contributed by atoms with Crippen molar-refractivity contribution in [2.24, 2.45) is 5.92 Å². The number of hydrogen-bond acceptors (Lipinski definition) is 3. The minimum absolute atomic E-state index is 0.0717. The van der Waals surface area contributed by atoms with E-state index in [4.69, 9.17) is 0 Å². The molecule has 1 aromatic heterocycles. The zero-order chi connectivity index (χ0) is 14.4. The van der Waals surface area contributed by atoms with E-state index in [1.54, 1.807) is 0 Å². The minimum Gasteiger partial charge on any atom is -0.336 e. The molecule has 0 unspecified atom stereocenters. The van der Waals surface area contributed by atoms with Crippen molar-refractivity contribution in [3.05, 3.63) is 11.6 Å². The molecule has 0 saturated heterocycles. The fourth-order valence-electron chi connectivity index (χ4n) is 1.98. The lowest BCUT2D eigenvalue weighted by Crippen LogP contribution is -2.35. The first-order chi connectivity index (χ1) is 9.03.